The first-order valence-electron chi connectivity index (χ1n) is 5.64. The Bertz CT molecular complexity index is 390. The highest BCUT2D eigenvalue weighted by Crippen LogP contribution is 2.18. The monoisotopic (exact) mass is 237 g/mol. The van der Waals surface area contributed by atoms with Crippen molar-refractivity contribution in [2.45, 2.75) is 26.3 Å². The van der Waals surface area contributed by atoms with E-state index in [1.165, 1.54) is 7.11 Å². The van der Waals surface area contributed by atoms with Crippen molar-refractivity contribution in [3.05, 3.63) is 29.3 Å². The lowest BCUT2D eigenvalue weighted by atomic mass is 10.0. The first-order chi connectivity index (χ1) is 8.08. The fraction of sp³-hybridized carbons (Fsp3) is 0.462. The summed E-state index contributed by atoms with van der Waals surface area (Å²) >= 11 is 0. The second-order valence-electron chi connectivity index (χ2n) is 3.86. The van der Waals surface area contributed by atoms with Gasteiger partial charge in [0.25, 0.3) is 0 Å². The molecule has 0 aliphatic rings. The number of aryl methyl sites for hydroxylation is 1. The van der Waals surface area contributed by atoms with Crippen molar-refractivity contribution in [3.63, 3.8) is 0 Å². The van der Waals surface area contributed by atoms with Gasteiger partial charge in [0.2, 0.25) is 0 Å². The van der Waals surface area contributed by atoms with E-state index >= 15 is 0 Å². The maximum absolute atomic E-state index is 11.2. The molecule has 1 unspecified atom stereocenters. The van der Waals surface area contributed by atoms with Crippen LogP contribution in [0.25, 0.3) is 0 Å². The molecule has 0 saturated heterocycles. The van der Waals surface area contributed by atoms with E-state index < -0.39 is 12.0 Å². The maximum Gasteiger partial charge on any atom is 0.322 e. The predicted octanol–water partition coefficient (Wildman–Crippen LogP) is 1.44. The molecule has 1 aromatic carbocycles. The molecular weight excluding hydrogens is 218 g/mol. The standard InChI is InChI=1S/C13H19NO3/c1-4-17-11-6-5-10(9(2)7-11)8-12(14)13(15)16-3/h5-7,12H,4,8,14H2,1-3H3. The topological polar surface area (TPSA) is 61.5 Å². The van der Waals surface area contributed by atoms with Gasteiger partial charge < -0.3 is 15.2 Å². The summed E-state index contributed by atoms with van der Waals surface area (Å²) in [5.74, 6) is 0.443. The van der Waals surface area contributed by atoms with Gasteiger partial charge in [-0.25, -0.2) is 0 Å². The van der Waals surface area contributed by atoms with Crippen LogP contribution < -0.4 is 10.5 Å². The van der Waals surface area contributed by atoms with E-state index in [0.717, 1.165) is 16.9 Å². The van der Waals surface area contributed by atoms with E-state index in [-0.39, 0.29) is 0 Å². The molecule has 0 amide bonds. The Morgan fingerprint density at radius 1 is 1.47 bits per heavy atom. The minimum atomic E-state index is -0.614. The summed E-state index contributed by atoms with van der Waals surface area (Å²) in [5.41, 5.74) is 7.82. The van der Waals surface area contributed by atoms with Crippen LogP contribution >= 0.6 is 0 Å². The fourth-order valence-corrected chi connectivity index (χ4v) is 1.63. The van der Waals surface area contributed by atoms with Gasteiger partial charge in [-0.1, -0.05) is 6.07 Å². The van der Waals surface area contributed by atoms with E-state index in [0.29, 0.717) is 13.0 Å². The molecular formula is C13H19NO3. The molecule has 1 aromatic rings. The van der Waals surface area contributed by atoms with Crippen molar-refractivity contribution in [3.8, 4) is 5.75 Å². The molecule has 0 fully saturated rings. The van der Waals surface area contributed by atoms with Crippen molar-refractivity contribution >= 4 is 5.97 Å². The second-order valence-corrected chi connectivity index (χ2v) is 3.86. The van der Waals surface area contributed by atoms with Gasteiger partial charge in [0.15, 0.2) is 0 Å². The number of hydrogen-bond acceptors (Lipinski definition) is 4. The van der Waals surface area contributed by atoms with Crippen LogP contribution in [-0.2, 0) is 16.0 Å². The average molecular weight is 237 g/mol. The number of hydrogen-bond donors (Lipinski definition) is 1. The number of ether oxygens (including phenoxy) is 2. The molecule has 1 atom stereocenters. The molecule has 2 N–H and O–H groups in total. The third-order valence-corrected chi connectivity index (χ3v) is 2.57. The van der Waals surface area contributed by atoms with E-state index in [1.54, 1.807) is 0 Å². The lowest BCUT2D eigenvalue weighted by Gasteiger charge is -2.12. The highest BCUT2D eigenvalue weighted by molar-refractivity contribution is 5.75. The van der Waals surface area contributed by atoms with Crippen molar-refractivity contribution in [2.24, 2.45) is 5.73 Å². The fourth-order valence-electron chi connectivity index (χ4n) is 1.63. The van der Waals surface area contributed by atoms with E-state index in [9.17, 15) is 4.79 Å². The summed E-state index contributed by atoms with van der Waals surface area (Å²) < 4.78 is 9.99. The molecule has 4 heteroatoms. The molecule has 0 aliphatic heterocycles. The van der Waals surface area contributed by atoms with E-state index in [1.807, 2.05) is 32.0 Å². The minimum Gasteiger partial charge on any atom is -0.494 e. The van der Waals surface area contributed by atoms with Gasteiger partial charge in [0.1, 0.15) is 11.8 Å². The molecule has 0 heterocycles. The van der Waals surface area contributed by atoms with Crippen LogP contribution in [-0.4, -0.2) is 25.7 Å². The maximum atomic E-state index is 11.2. The summed E-state index contributed by atoms with van der Waals surface area (Å²) in [6.07, 6.45) is 0.477. The lowest BCUT2D eigenvalue weighted by molar-refractivity contribution is -0.142. The molecule has 1 rings (SSSR count). The summed E-state index contributed by atoms with van der Waals surface area (Å²) in [5, 5.41) is 0. The van der Waals surface area contributed by atoms with Crippen LogP contribution in [0.4, 0.5) is 0 Å². The number of methoxy groups -OCH3 is 1. The Labute approximate surface area is 102 Å². The Hall–Kier alpha value is -1.55. The summed E-state index contributed by atoms with van der Waals surface area (Å²) in [4.78, 5) is 11.2. The Balaban J connectivity index is 2.75. The molecule has 94 valence electrons. The number of carbonyl (C=O) groups is 1. The van der Waals surface area contributed by atoms with Crippen molar-refractivity contribution in [1.82, 2.24) is 0 Å². The third-order valence-electron chi connectivity index (χ3n) is 2.57. The summed E-state index contributed by atoms with van der Waals surface area (Å²) in [6, 6.07) is 5.15. The Morgan fingerprint density at radius 2 is 2.18 bits per heavy atom. The van der Waals surface area contributed by atoms with Gasteiger partial charge in [-0.2, -0.15) is 0 Å². The average Bonchev–Trinajstić information content (AvgIpc) is 2.31. The molecule has 4 nitrogen and oxygen atoms in total. The van der Waals surface area contributed by atoms with Crippen LogP contribution in [0.2, 0.25) is 0 Å². The van der Waals surface area contributed by atoms with Crippen LogP contribution in [0.15, 0.2) is 18.2 Å². The molecule has 0 saturated carbocycles. The van der Waals surface area contributed by atoms with Crippen LogP contribution in [0.1, 0.15) is 18.1 Å². The highest BCUT2D eigenvalue weighted by Gasteiger charge is 2.15. The summed E-state index contributed by atoms with van der Waals surface area (Å²) in [7, 11) is 1.34. The van der Waals surface area contributed by atoms with Gasteiger partial charge >= 0.3 is 5.97 Å². The first kappa shape index (κ1) is 13.5. The van der Waals surface area contributed by atoms with Gasteiger partial charge in [-0.3, -0.25) is 4.79 Å². The number of carbonyl (C=O) groups excluding carboxylic acids is 1. The van der Waals surface area contributed by atoms with Gasteiger partial charge in [0, 0.05) is 0 Å². The predicted molar refractivity (Wildman–Crippen MR) is 66.0 cm³/mol. The zero-order valence-electron chi connectivity index (χ0n) is 10.5. The molecule has 0 aliphatic carbocycles. The Kier molecular flexibility index (Phi) is 4.97. The number of benzene rings is 1. The molecule has 0 aromatic heterocycles. The highest BCUT2D eigenvalue weighted by atomic mass is 16.5. The van der Waals surface area contributed by atoms with Gasteiger partial charge in [-0.05, 0) is 43.5 Å². The largest absolute Gasteiger partial charge is 0.494 e. The van der Waals surface area contributed by atoms with E-state index in [4.69, 9.17) is 10.5 Å². The molecule has 0 spiro atoms. The quantitative estimate of drug-likeness (QED) is 0.787. The van der Waals surface area contributed by atoms with E-state index in [2.05, 4.69) is 4.74 Å². The molecule has 0 radical (unpaired) electrons. The summed E-state index contributed by atoms with van der Waals surface area (Å²) in [6.45, 7) is 4.55. The molecule has 17 heavy (non-hydrogen) atoms. The lowest BCUT2D eigenvalue weighted by Crippen LogP contribution is -2.33. The molecule has 0 bridgehead atoms. The van der Waals surface area contributed by atoms with Gasteiger partial charge in [0.05, 0.1) is 13.7 Å². The normalized spacial score (nSPS) is 12.0. The number of esters is 1. The number of rotatable bonds is 5. The van der Waals surface area contributed by atoms with Crippen LogP contribution in [0.5, 0.6) is 5.75 Å². The van der Waals surface area contributed by atoms with Crippen LogP contribution in [0, 0.1) is 6.92 Å². The second kappa shape index (κ2) is 6.25. The first-order valence-corrected chi connectivity index (χ1v) is 5.64. The van der Waals surface area contributed by atoms with Crippen molar-refractivity contribution in [2.75, 3.05) is 13.7 Å². The zero-order chi connectivity index (χ0) is 12.8. The van der Waals surface area contributed by atoms with Crippen molar-refractivity contribution < 1.29 is 14.3 Å². The third kappa shape index (κ3) is 3.75. The zero-order valence-corrected chi connectivity index (χ0v) is 10.5. The van der Waals surface area contributed by atoms with Crippen molar-refractivity contribution in [1.29, 1.82) is 0 Å². The van der Waals surface area contributed by atoms with Gasteiger partial charge in [-0.15, -0.1) is 0 Å². The Morgan fingerprint density at radius 3 is 2.71 bits per heavy atom. The van der Waals surface area contributed by atoms with Crippen LogP contribution in [0.3, 0.4) is 0 Å². The smallest absolute Gasteiger partial charge is 0.322 e. The number of nitrogens with two attached hydrogens (primary N) is 1. The minimum absolute atomic E-state index is 0.390. The SMILES string of the molecule is CCOc1ccc(CC(N)C(=O)OC)c(C)c1.